The van der Waals surface area contributed by atoms with E-state index in [-0.39, 0.29) is 12.4 Å². The second-order valence-electron chi connectivity index (χ2n) is 5.34. The Hall–Kier alpha value is -2.99. The molecule has 0 amide bonds. The Kier molecular flexibility index (Phi) is 3.82. The number of ether oxygens (including phenoxy) is 4. The molecule has 0 radical (unpaired) electrons. The van der Waals surface area contributed by atoms with E-state index in [1.165, 1.54) is 6.08 Å². The topological polar surface area (TPSA) is 71.1 Å². The second kappa shape index (κ2) is 6.14. The normalized spacial score (nSPS) is 18.6. The molecule has 1 saturated heterocycles. The van der Waals surface area contributed by atoms with Crippen LogP contribution in [-0.4, -0.2) is 18.7 Å². The average molecular weight is 359 g/mol. The van der Waals surface area contributed by atoms with Crippen molar-refractivity contribution in [2.45, 2.75) is 6.29 Å². The van der Waals surface area contributed by atoms with Crippen LogP contribution < -0.4 is 9.47 Å². The van der Waals surface area contributed by atoms with Gasteiger partial charge in [-0.1, -0.05) is 41.9 Å². The van der Waals surface area contributed by atoms with Crippen LogP contribution in [0.1, 0.15) is 17.4 Å². The number of hydrogen-bond acceptors (Lipinski definition) is 6. The van der Waals surface area contributed by atoms with Crippen molar-refractivity contribution in [1.29, 1.82) is 0 Å². The van der Waals surface area contributed by atoms with Gasteiger partial charge in [0.2, 0.25) is 6.79 Å². The standard InChI is InChI=1S/C18H11ClO6/c19-13-8-15-14(22-9-23-15)7-11(13)6-12-16(20)24-18(25-17(12)21)10-4-2-1-3-5-10/h1-8,18H,9H2. The number of halogens is 1. The minimum absolute atomic E-state index is 0.0918. The summed E-state index contributed by atoms with van der Waals surface area (Å²) in [6, 6.07) is 11.9. The molecular formula is C18H11ClO6. The van der Waals surface area contributed by atoms with Crippen molar-refractivity contribution >= 4 is 29.6 Å². The molecule has 0 atom stereocenters. The fraction of sp³-hybridized carbons (Fsp3) is 0.111. The third-order valence-corrected chi connectivity index (χ3v) is 4.06. The van der Waals surface area contributed by atoms with Crippen molar-refractivity contribution in [3.63, 3.8) is 0 Å². The van der Waals surface area contributed by atoms with Crippen LogP contribution in [0, 0.1) is 0 Å². The van der Waals surface area contributed by atoms with Gasteiger partial charge in [0.25, 0.3) is 6.29 Å². The molecular weight excluding hydrogens is 348 g/mol. The highest BCUT2D eigenvalue weighted by Gasteiger charge is 2.34. The lowest BCUT2D eigenvalue weighted by molar-refractivity contribution is -0.195. The summed E-state index contributed by atoms with van der Waals surface area (Å²) in [7, 11) is 0. The van der Waals surface area contributed by atoms with Crippen LogP contribution in [0.4, 0.5) is 0 Å². The molecule has 0 N–H and O–H groups in total. The summed E-state index contributed by atoms with van der Waals surface area (Å²) in [6.45, 7) is 0.0918. The molecule has 0 bridgehead atoms. The van der Waals surface area contributed by atoms with E-state index in [9.17, 15) is 9.59 Å². The molecule has 2 aliphatic heterocycles. The smallest absolute Gasteiger partial charge is 0.348 e. The van der Waals surface area contributed by atoms with E-state index in [2.05, 4.69) is 0 Å². The quantitative estimate of drug-likeness (QED) is 0.466. The summed E-state index contributed by atoms with van der Waals surface area (Å²) in [5.74, 6) is -0.571. The number of fused-ring (bicyclic) bond motifs is 1. The van der Waals surface area contributed by atoms with Crippen LogP contribution in [-0.2, 0) is 19.1 Å². The van der Waals surface area contributed by atoms with Gasteiger partial charge in [-0.05, 0) is 17.7 Å². The van der Waals surface area contributed by atoms with E-state index in [1.807, 2.05) is 6.07 Å². The lowest BCUT2D eigenvalue weighted by Gasteiger charge is -2.24. The molecule has 0 aromatic heterocycles. The van der Waals surface area contributed by atoms with E-state index in [0.717, 1.165) is 0 Å². The number of carbonyl (C=O) groups excluding carboxylic acids is 2. The molecule has 0 spiro atoms. The van der Waals surface area contributed by atoms with Gasteiger partial charge in [0.15, 0.2) is 11.5 Å². The summed E-state index contributed by atoms with van der Waals surface area (Å²) in [6.07, 6.45) is 0.251. The molecule has 4 rings (SSSR count). The summed E-state index contributed by atoms with van der Waals surface area (Å²) in [4.78, 5) is 24.5. The number of hydrogen-bond donors (Lipinski definition) is 0. The third kappa shape index (κ3) is 2.92. The third-order valence-electron chi connectivity index (χ3n) is 3.73. The first kappa shape index (κ1) is 15.5. The molecule has 0 unspecified atom stereocenters. The van der Waals surface area contributed by atoms with Gasteiger partial charge in [-0.3, -0.25) is 0 Å². The minimum atomic E-state index is -1.06. The van der Waals surface area contributed by atoms with Gasteiger partial charge in [0, 0.05) is 11.6 Å². The Morgan fingerprint density at radius 3 is 2.28 bits per heavy atom. The van der Waals surface area contributed by atoms with Crippen LogP contribution in [0.3, 0.4) is 0 Å². The van der Waals surface area contributed by atoms with Crippen LogP contribution in [0.2, 0.25) is 5.02 Å². The van der Waals surface area contributed by atoms with Crippen LogP contribution in [0.25, 0.3) is 6.08 Å². The first-order valence-electron chi connectivity index (χ1n) is 7.39. The molecule has 2 aromatic rings. The number of rotatable bonds is 2. The van der Waals surface area contributed by atoms with Crippen molar-refractivity contribution in [3.8, 4) is 11.5 Å². The summed E-state index contributed by atoms with van der Waals surface area (Å²) in [5, 5.41) is 0.308. The Bertz CT molecular complexity index is 870. The SMILES string of the molecule is O=C1OC(c2ccccc2)OC(=O)C1=Cc1cc2c(cc1Cl)OCO2. The molecule has 126 valence electrons. The van der Waals surface area contributed by atoms with E-state index in [0.29, 0.717) is 27.6 Å². The Morgan fingerprint density at radius 2 is 1.60 bits per heavy atom. The van der Waals surface area contributed by atoms with E-state index >= 15 is 0 Å². The number of benzene rings is 2. The van der Waals surface area contributed by atoms with E-state index in [1.54, 1.807) is 36.4 Å². The highest BCUT2D eigenvalue weighted by Crippen LogP contribution is 2.38. The minimum Gasteiger partial charge on any atom is -0.454 e. The maximum absolute atomic E-state index is 12.2. The lowest BCUT2D eigenvalue weighted by atomic mass is 10.1. The zero-order valence-corrected chi connectivity index (χ0v) is 13.5. The number of esters is 2. The molecule has 2 aromatic carbocycles. The fourth-order valence-electron chi connectivity index (χ4n) is 2.49. The number of carbonyl (C=O) groups is 2. The highest BCUT2D eigenvalue weighted by atomic mass is 35.5. The van der Waals surface area contributed by atoms with Gasteiger partial charge >= 0.3 is 11.9 Å². The zero-order valence-electron chi connectivity index (χ0n) is 12.7. The van der Waals surface area contributed by atoms with Crippen molar-refractivity contribution in [2.24, 2.45) is 0 Å². The molecule has 0 aliphatic carbocycles. The average Bonchev–Trinajstić information content (AvgIpc) is 3.05. The first-order chi connectivity index (χ1) is 12.1. The molecule has 25 heavy (non-hydrogen) atoms. The van der Waals surface area contributed by atoms with Gasteiger partial charge in [0.1, 0.15) is 5.57 Å². The zero-order chi connectivity index (χ0) is 17.4. The highest BCUT2D eigenvalue weighted by molar-refractivity contribution is 6.32. The van der Waals surface area contributed by atoms with Gasteiger partial charge in [0.05, 0.1) is 5.02 Å². The fourth-order valence-corrected chi connectivity index (χ4v) is 2.70. The van der Waals surface area contributed by atoms with Crippen molar-refractivity contribution in [3.05, 3.63) is 64.2 Å². The van der Waals surface area contributed by atoms with Crippen molar-refractivity contribution < 1.29 is 28.5 Å². The molecule has 0 saturated carbocycles. The lowest BCUT2D eigenvalue weighted by Crippen LogP contribution is -2.29. The maximum Gasteiger partial charge on any atom is 0.348 e. The van der Waals surface area contributed by atoms with Crippen LogP contribution in [0.5, 0.6) is 11.5 Å². The van der Waals surface area contributed by atoms with Crippen molar-refractivity contribution in [2.75, 3.05) is 6.79 Å². The summed E-state index contributed by atoms with van der Waals surface area (Å²) >= 11 is 6.16. The predicted octanol–water partition coefficient (Wildman–Crippen LogP) is 3.25. The Morgan fingerprint density at radius 1 is 0.960 bits per heavy atom. The van der Waals surface area contributed by atoms with E-state index < -0.39 is 18.2 Å². The van der Waals surface area contributed by atoms with Gasteiger partial charge in [-0.2, -0.15) is 0 Å². The van der Waals surface area contributed by atoms with Gasteiger partial charge in [-0.15, -0.1) is 0 Å². The van der Waals surface area contributed by atoms with Gasteiger partial charge < -0.3 is 18.9 Å². The second-order valence-corrected chi connectivity index (χ2v) is 5.75. The molecule has 2 aliphatic rings. The molecule has 1 fully saturated rings. The summed E-state index contributed by atoms with van der Waals surface area (Å²) in [5.41, 5.74) is 0.755. The molecule has 6 nitrogen and oxygen atoms in total. The first-order valence-corrected chi connectivity index (χ1v) is 7.77. The number of cyclic esters (lactones) is 2. The predicted molar refractivity (Wildman–Crippen MR) is 86.9 cm³/mol. The largest absolute Gasteiger partial charge is 0.454 e. The molecule has 2 heterocycles. The Labute approximate surface area is 147 Å². The van der Waals surface area contributed by atoms with E-state index in [4.69, 9.17) is 30.5 Å². The maximum atomic E-state index is 12.2. The van der Waals surface area contributed by atoms with Gasteiger partial charge in [-0.25, -0.2) is 9.59 Å². The van der Waals surface area contributed by atoms with Crippen LogP contribution in [0.15, 0.2) is 48.0 Å². The van der Waals surface area contributed by atoms with Crippen LogP contribution >= 0.6 is 11.6 Å². The summed E-state index contributed by atoms with van der Waals surface area (Å²) < 4.78 is 20.9. The molecule has 7 heteroatoms. The van der Waals surface area contributed by atoms with Crippen molar-refractivity contribution in [1.82, 2.24) is 0 Å². The monoisotopic (exact) mass is 358 g/mol. The Balaban J connectivity index is 1.63.